The Kier molecular flexibility index (Phi) is 4.36. The molecule has 6 nitrogen and oxygen atoms in total. The van der Waals surface area contributed by atoms with Gasteiger partial charge in [0.05, 0.1) is 24.2 Å². The molecule has 1 aliphatic rings. The fourth-order valence-corrected chi connectivity index (χ4v) is 2.80. The molecular formula is C12H17N3O3S. The second kappa shape index (κ2) is 6.01. The number of carboxylic acid groups (broad SMARTS) is 1. The Morgan fingerprint density at radius 3 is 2.74 bits per heavy atom. The Labute approximate surface area is 115 Å². The number of thiazole rings is 1. The number of aliphatic carboxylic acids is 1. The highest BCUT2D eigenvalue weighted by Gasteiger charge is 2.39. The van der Waals surface area contributed by atoms with Crippen LogP contribution in [0.3, 0.4) is 0 Å². The van der Waals surface area contributed by atoms with Crippen molar-refractivity contribution in [1.82, 2.24) is 15.6 Å². The van der Waals surface area contributed by atoms with Crippen molar-refractivity contribution in [2.75, 3.05) is 6.54 Å². The number of rotatable bonds is 6. The topological polar surface area (TPSA) is 91.3 Å². The van der Waals surface area contributed by atoms with Crippen LogP contribution >= 0.6 is 11.3 Å². The van der Waals surface area contributed by atoms with Gasteiger partial charge >= 0.3 is 12.0 Å². The monoisotopic (exact) mass is 283 g/mol. The van der Waals surface area contributed by atoms with Crippen molar-refractivity contribution in [3.8, 4) is 0 Å². The molecule has 7 heteroatoms. The van der Waals surface area contributed by atoms with Crippen LogP contribution < -0.4 is 10.6 Å². The zero-order chi connectivity index (χ0) is 13.7. The number of aromatic nitrogens is 1. The van der Waals surface area contributed by atoms with Crippen LogP contribution in [0.5, 0.6) is 0 Å². The normalized spacial score (nSPS) is 16.4. The van der Waals surface area contributed by atoms with E-state index in [2.05, 4.69) is 15.6 Å². The summed E-state index contributed by atoms with van der Waals surface area (Å²) in [6, 6.07) is -0.273. The van der Waals surface area contributed by atoms with Crippen LogP contribution in [0.4, 0.5) is 4.79 Å². The highest BCUT2D eigenvalue weighted by atomic mass is 32.1. The van der Waals surface area contributed by atoms with Crippen molar-refractivity contribution in [3.63, 3.8) is 0 Å². The van der Waals surface area contributed by atoms with Crippen LogP contribution in [0.2, 0.25) is 0 Å². The largest absolute Gasteiger partial charge is 0.481 e. The van der Waals surface area contributed by atoms with E-state index in [4.69, 9.17) is 5.11 Å². The first kappa shape index (κ1) is 13.8. The minimum Gasteiger partial charge on any atom is -0.481 e. The Bertz CT molecular complexity index is 443. The van der Waals surface area contributed by atoms with Gasteiger partial charge in [-0.05, 0) is 18.3 Å². The molecule has 1 aromatic rings. The minimum atomic E-state index is -0.801. The third kappa shape index (κ3) is 3.92. The summed E-state index contributed by atoms with van der Waals surface area (Å²) in [5.41, 5.74) is 2.29. The number of carbonyl (C=O) groups excluding carboxylic acids is 1. The van der Waals surface area contributed by atoms with Gasteiger partial charge in [0.1, 0.15) is 0 Å². The van der Waals surface area contributed by atoms with Gasteiger partial charge in [0, 0.05) is 11.9 Å². The van der Waals surface area contributed by atoms with E-state index in [1.807, 2.05) is 5.38 Å². The predicted molar refractivity (Wildman–Crippen MR) is 70.9 cm³/mol. The first-order valence-electron chi connectivity index (χ1n) is 6.20. The highest BCUT2D eigenvalue weighted by molar-refractivity contribution is 7.07. The minimum absolute atomic E-state index is 0.124. The molecule has 3 N–H and O–H groups in total. The maximum absolute atomic E-state index is 11.6. The molecule has 0 radical (unpaired) electrons. The number of nitrogens with zero attached hydrogens (tertiary/aromatic N) is 1. The van der Waals surface area contributed by atoms with E-state index in [0.29, 0.717) is 13.1 Å². The summed E-state index contributed by atoms with van der Waals surface area (Å²) in [6.07, 6.45) is 2.89. The fraction of sp³-hybridized carbons (Fsp3) is 0.583. The summed E-state index contributed by atoms with van der Waals surface area (Å²) < 4.78 is 0. The smallest absolute Gasteiger partial charge is 0.315 e. The van der Waals surface area contributed by atoms with Gasteiger partial charge in [-0.3, -0.25) is 4.79 Å². The first-order chi connectivity index (χ1) is 9.10. The average molecular weight is 283 g/mol. The molecule has 0 bridgehead atoms. The lowest BCUT2D eigenvalue weighted by molar-refractivity contribution is -0.141. The number of hydrogen-bond donors (Lipinski definition) is 3. The second-order valence-corrected chi connectivity index (χ2v) is 5.66. The van der Waals surface area contributed by atoms with E-state index in [0.717, 1.165) is 25.0 Å². The molecule has 1 heterocycles. The standard InChI is InChI=1S/C12H17N3O3S/c16-10(17)4-12(2-1-3-12)7-14-11(18)13-5-9-6-19-8-15-9/h6,8H,1-5,7H2,(H,16,17)(H2,13,14,18). The number of carboxylic acids is 1. The molecule has 0 aliphatic heterocycles. The number of hydrogen-bond acceptors (Lipinski definition) is 4. The molecule has 0 saturated heterocycles. The Balaban J connectivity index is 1.72. The molecule has 0 aromatic carbocycles. The summed E-state index contributed by atoms with van der Waals surface area (Å²) in [6.45, 7) is 0.809. The number of amides is 2. The molecule has 2 amide bonds. The van der Waals surface area contributed by atoms with Gasteiger partial charge in [0.15, 0.2) is 0 Å². The molecule has 1 fully saturated rings. The van der Waals surface area contributed by atoms with Gasteiger partial charge < -0.3 is 15.7 Å². The van der Waals surface area contributed by atoms with Gasteiger partial charge in [-0.1, -0.05) is 6.42 Å². The van der Waals surface area contributed by atoms with Gasteiger partial charge in [-0.25, -0.2) is 9.78 Å². The Morgan fingerprint density at radius 2 is 2.21 bits per heavy atom. The average Bonchev–Trinajstić information content (AvgIpc) is 2.82. The Morgan fingerprint density at radius 1 is 1.42 bits per heavy atom. The zero-order valence-corrected chi connectivity index (χ0v) is 11.3. The second-order valence-electron chi connectivity index (χ2n) is 4.94. The van der Waals surface area contributed by atoms with Crippen LogP contribution in [-0.2, 0) is 11.3 Å². The van der Waals surface area contributed by atoms with Crippen LogP contribution in [-0.4, -0.2) is 28.6 Å². The van der Waals surface area contributed by atoms with Crippen LogP contribution in [0.15, 0.2) is 10.9 Å². The lowest BCUT2D eigenvalue weighted by Crippen LogP contribution is -2.46. The molecule has 1 aromatic heterocycles. The van der Waals surface area contributed by atoms with Gasteiger partial charge in [-0.2, -0.15) is 0 Å². The lowest BCUT2D eigenvalue weighted by Gasteiger charge is -2.40. The van der Waals surface area contributed by atoms with Crippen molar-refractivity contribution in [3.05, 3.63) is 16.6 Å². The van der Waals surface area contributed by atoms with Crippen LogP contribution in [0.25, 0.3) is 0 Å². The highest BCUT2D eigenvalue weighted by Crippen LogP contribution is 2.43. The number of nitrogens with one attached hydrogen (secondary N) is 2. The molecular weight excluding hydrogens is 266 g/mol. The van der Waals surface area contributed by atoms with E-state index in [9.17, 15) is 9.59 Å². The number of urea groups is 1. The molecule has 0 atom stereocenters. The third-order valence-corrected chi connectivity index (χ3v) is 4.11. The van der Waals surface area contributed by atoms with E-state index in [1.54, 1.807) is 5.51 Å². The molecule has 2 rings (SSSR count). The molecule has 1 aliphatic carbocycles. The fourth-order valence-electron chi connectivity index (χ4n) is 2.24. The number of carbonyl (C=O) groups is 2. The molecule has 19 heavy (non-hydrogen) atoms. The summed E-state index contributed by atoms with van der Waals surface area (Å²) in [7, 11) is 0. The summed E-state index contributed by atoms with van der Waals surface area (Å²) >= 11 is 1.48. The van der Waals surface area contributed by atoms with Crippen molar-refractivity contribution in [2.24, 2.45) is 5.41 Å². The first-order valence-corrected chi connectivity index (χ1v) is 7.14. The maximum atomic E-state index is 11.6. The quantitative estimate of drug-likeness (QED) is 0.739. The third-order valence-electron chi connectivity index (χ3n) is 3.48. The summed E-state index contributed by atoms with van der Waals surface area (Å²) in [5.74, 6) is -0.801. The Hall–Kier alpha value is -1.63. The van der Waals surface area contributed by atoms with Gasteiger partial charge in [0.25, 0.3) is 0 Å². The van der Waals surface area contributed by atoms with Crippen molar-refractivity contribution in [1.29, 1.82) is 0 Å². The van der Waals surface area contributed by atoms with Crippen molar-refractivity contribution < 1.29 is 14.7 Å². The van der Waals surface area contributed by atoms with Gasteiger partial charge in [-0.15, -0.1) is 11.3 Å². The molecule has 1 saturated carbocycles. The van der Waals surface area contributed by atoms with Crippen molar-refractivity contribution in [2.45, 2.75) is 32.2 Å². The lowest BCUT2D eigenvalue weighted by atomic mass is 9.66. The summed E-state index contributed by atoms with van der Waals surface area (Å²) in [4.78, 5) is 26.5. The predicted octanol–water partition coefficient (Wildman–Crippen LogP) is 1.59. The van der Waals surface area contributed by atoms with E-state index >= 15 is 0 Å². The SMILES string of the molecule is O=C(O)CC1(CNC(=O)NCc2cscn2)CCC1. The maximum Gasteiger partial charge on any atom is 0.315 e. The van der Waals surface area contributed by atoms with E-state index in [-0.39, 0.29) is 17.9 Å². The van der Waals surface area contributed by atoms with Crippen LogP contribution in [0, 0.1) is 5.41 Å². The van der Waals surface area contributed by atoms with Crippen molar-refractivity contribution >= 4 is 23.3 Å². The van der Waals surface area contributed by atoms with E-state index in [1.165, 1.54) is 11.3 Å². The molecule has 0 unspecified atom stereocenters. The van der Waals surface area contributed by atoms with Gasteiger partial charge in [0.2, 0.25) is 0 Å². The summed E-state index contributed by atoms with van der Waals surface area (Å²) in [5, 5.41) is 16.2. The molecule has 0 spiro atoms. The van der Waals surface area contributed by atoms with E-state index < -0.39 is 5.97 Å². The molecule has 104 valence electrons. The van der Waals surface area contributed by atoms with Crippen LogP contribution in [0.1, 0.15) is 31.4 Å². The zero-order valence-electron chi connectivity index (χ0n) is 10.5.